The number of carbonyl (C=O) groups is 1. The van der Waals surface area contributed by atoms with Crippen LogP contribution in [0.5, 0.6) is 5.75 Å². The highest BCUT2D eigenvalue weighted by Crippen LogP contribution is 2.27. The molecule has 0 spiro atoms. The molecule has 0 bridgehead atoms. The highest BCUT2D eigenvalue weighted by atomic mass is 16.6. The summed E-state index contributed by atoms with van der Waals surface area (Å²) in [6.45, 7) is 4.32. The zero-order valence-corrected chi connectivity index (χ0v) is 16.2. The van der Waals surface area contributed by atoms with E-state index in [0.29, 0.717) is 18.2 Å². The highest BCUT2D eigenvalue weighted by Gasteiger charge is 2.16. The Balaban J connectivity index is 1.40. The van der Waals surface area contributed by atoms with Gasteiger partial charge in [-0.25, -0.2) is 0 Å². The highest BCUT2D eigenvalue weighted by molar-refractivity contribution is 5.86. The van der Waals surface area contributed by atoms with E-state index < -0.39 is 5.97 Å². The first-order valence-corrected chi connectivity index (χ1v) is 9.31. The number of para-hydroxylation sites is 1. The van der Waals surface area contributed by atoms with Gasteiger partial charge >= 0.3 is 5.97 Å². The quantitative estimate of drug-likeness (QED) is 0.429. The lowest BCUT2D eigenvalue weighted by Crippen LogP contribution is -2.07. The second-order valence-electron chi connectivity index (χ2n) is 6.54. The summed E-state index contributed by atoms with van der Waals surface area (Å²) in [5, 5.41) is 4.86. The Morgan fingerprint density at radius 3 is 2.90 bits per heavy atom. The third-order valence-electron chi connectivity index (χ3n) is 4.40. The summed E-state index contributed by atoms with van der Waals surface area (Å²) in [5.74, 6) is 0.868. The minimum absolute atomic E-state index is 0.0997. The Bertz CT molecular complexity index is 1150. The van der Waals surface area contributed by atoms with E-state index in [-0.39, 0.29) is 18.9 Å². The van der Waals surface area contributed by atoms with Gasteiger partial charge in [-0.1, -0.05) is 29.4 Å². The van der Waals surface area contributed by atoms with Crippen molar-refractivity contribution >= 4 is 16.9 Å². The van der Waals surface area contributed by atoms with Gasteiger partial charge in [0.1, 0.15) is 11.3 Å². The van der Waals surface area contributed by atoms with Gasteiger partial charge in [-0.3, -0.25) is 4.79 Å². The molecule has 0 N–H and O–H groups in total. The molecule has 0 atom stereocenters. The number of benzene rings is 2. The predicted octanol–water partition coefficient (Wildman–Crippen LogP) is 4.48. The summed E-state index contributed by atoms with van der Waals surface area (Å²) >= 11 is 0. The van der Waals surface area contributed by atoms with Crippen LogP contribution in [-0.2, 0) is 22.6 Å². The number of carbonyl (C=O) groups excluding carboxylic acids is 1. The fraction of sp³-hybridized carbons (Fsp3) is 0.227. The van der Waals surface area contributed by atoms with E-state index in [2.05, 4.69) is 10.1 Å². The maximum Gasteiger partial charge on any atom is 0.310 e. The first-order valence-electron chi connectivity index (χ1n) is 9.31. The van der Waals surface area contributed by atoms with E-state index >= 15 is 0 Å². The molecule has 0 aliphatic carbocycles. The molecule has 0 saturated heterocycles. The molecule has 2 heterocycles. The predicted molar refractivity (Wildman–Crippen MR) is 105 cm³/mol. The second-order valence-corrected chi connectivity index (χ2v) is 6.54. The number of hydrogen-bond donors (Lipinski definition) is 0. The van der Waals surface area contributed by atoms with E-state index in [1.807, 2.05) is 56.3 Å². The van der Waals surface area contributed by atoms with Crippen molar-refractivity contribution in [1.29, 1.82) is 0 Å². The topological polar surface area (TPSA) is 87.6 Å². The molecule has 7 nitrogen and oxygen atoms in total. The van der Waals surface area contributed by atoms with Crippen molar-refractivity contribution in [3.8, 4) is 17.1 Å². The van der Waals surface area contributed by atoms with E-state index in [1.54, 1.807) is 6.26 Å². The Hall–Kier alpha value is -3.61. The van der Waals surface area contributed by atoms with Gasteiger partial charge in [-0.05, 0) is 37.6 Å². The average Bonchev–Trinajstić information content (AvgIpc) is 3.34. The van der Waals surface area contributed by atoms with Gasteiger partial charge < -0.3 is 18.4 Å². The monoisotopic (exact) mass is 392 g/mol. The molecule has 0 fully saturated rings. The van der Waals surface area contributed by atoms with Crippen molar-refractivity contribution in [2.75, 3.05) is 6.61 Å². The number of ether oxygens (including phenoxy) is 2. The van der Waals surface area contributed by atoms with Crippen molar-refractivity contribution in [3.63, 3.8) is 0 Å². The Kier molecular flexibility index (Phi) is 5.29. The third kappa shape index (κ3) is 4.13. The molecule has 4 aromatic rings. The summed E-state index contributed by atoms with van der Waals surface area (Å²) < 4.78 is 21.6. The van der Waals surface area contributed by atoms with Crippen LogP contribution in [0.2, 0.25) is 0 Å². The van der Waals surface area contributed by atoms with Crippen LogP contribution in [0, 0.1) is 6.92 Å². The van der Waals surface area contributed by atoms with Crippen LogP contribution in [0.15, 0.2) is 57.7 Å². The molecule has 2 aromatic carbocycles. The van der Waals surface area contributed by atoms with Crippen LogP contribution in [0.4, 0.5) is 0 Å². The molecule has 0 radical (unpaired) electrons. The molecule has 7 heteroatoms. The molecule has 0 saturated carbocycles. The summed E-state index contributed by atoms with van der Waals surface area (Å²) in [6.07, 6.45) is 1.69. The van der Waals surface area contributed by atoms with Gasteiger partial charge in [0.2, 0.25) is 5.82 Å². The number of nitrogens with zero attached hydrogens (tertiary/aromatic N) is 2. The van der Waals surface area contributed by atoms with Gasteiger partial charge in [0.05, 0.1) is 24.9 Å². The third-order valence-corrected chi connectivity index (χ3v) is 4.40. The van der Waals surface area contributed by atoms with Gasteiger partial charge in [-0.2, -0.15) is 4.98 Å². The smallest absolute Gasteiger partial charge is 0.310 e. The normalized spacial score (nSPS) is 11.0. The average molecular weight is 392 g/mol. The lowest BCUT2D eigenvalue weighted by atomic mass is 10.1. The summed E-state index contributed by atoms with van der Waals surface area (Å²) in [7, 11) is 0. The molecular weight excluding hydrogens is 372 g/mol. The molecule has 29 heavy (non-hydrogen) atoms. The van der Waals surface area contributed by atoms with Crippen molar-refractivity contribution in [3.05, 3.63) is 65.7 Å². The molecule has 0 aliphatic heterocycles. The lowest BCUT2D eigenvalue weighted by molar-refractivity contribution is -0.144. The zero-order chi connectivity index (χ0) is 20.2. The maximum atomic E-state index is 12.2. The summed E-state index contributed by atoms with van der Waals surface area (Å²) in [4.78, 5) is 16.5. The van der Waals surface area contributed by atoms with Crippen molar-refractivity contribution < 1.29 is 23.2 Å². The van der Waals surface area contributed by atoms with Gasteiger partial charge in [-0.15, -0.1) is 0 Å². The number of rotatable bonds is 7. The molecule has 0 unspecified atom stereocenters. The van der Waals surface area contributed by atoms with Gasteiger partial charge in [0, 0.05) is 10.9 Å². The molecule has 0 aliphatic rings. The van der Waals surface area contributed by atoms with E-state index in [9.17, 15) is 4.79 Å². The van der Waals surface area contributed by atoms with Crippen LogP contribution in [0.1, 0.15) is 23.9 Å². The van der Waals surface area contributed by atoms with Crippen molar-refractivity contribution in [1.82, 2.24) is 10.1 Å². The first kappa shape index (κ1) is 18.7. The van der Waals surface area contributed by atoms with E-state index in [0.717, 1.165) is 27.7 Å². The van der Waals surface area contributed by atoms with Crippen LogP contribution < -0.4 is 4.74 Å². The standard InChI is InChI=1S/C22H20N2O5/c1-3-26-18-7-5-4-6-17(18)22-23-20(29-24-22)13-28-21(25)11-15-12-27-19-10-14(2)8-9-16(15)19/h4-10,12H,3,11,13H2,1-2H3. The molecular formula is C22H20N2O5. The molecule has 148 valence electrons. The number of aromatic nitrogens is 2. The van der Waals surface area contributed by atoms with Crippen LogP contribution in [0.25, 0.3) is 22.4 Å². The number of hydrogen-bond acceptors (Lipinski definition) is 7. The summed E-state index contributed by atoms with van der Waals surface area (Å²) in [5.41, 5.74) is 3.35. The van der Waals surface area contributed by atoms with E-state index in [1.165, 1.54) is 0 Å². The Morgan fingerprint density at radius 2 is 2.03 bits per heavy atom. The fourth-order valence-electron chi connectivity index (χ4n) is 3.03. The van der Waals surface area contributed by atoms with Crippen molar-refractivity contribution in [2.24, 2.45) is 0 Å². The molecule has 2 aromatic heterocycles. The van der Waals surface area contributed by atoms with Gasteiger partial charge in [0.25, 0.3) is 5.89 Å². The largest absolute Gasteiger partial charge is 0.493 e. The second kappa shape index (κ2) is 8.18. The number of furan rings is 1. The van der Waals surface area contributed by atoms with E-state index in [4.69, 9.17) is 18.4 Å². The maximum absolute atomic E-state index is 12.2. The zero-order valence-electron chi connectivity index (χ0n) is 16.2. The Labute approximate surface area is 167 Å². The summed E-state index contributed by atoms with van der Waals surface area (Å²) in [6, 6.07) is 13.3. The van der Waals surface area contributed by atoms with Crippen LogP contribution in [0.3, 0.4) is 0 Å². The first-order chi connectivity index (χ1) is 14.1. The number of fused-ring (bicyclic) bond motifs is 1. The molecule has 0 amide bonds. The number of aryl methyl sites for hydroxylation is 1. The van der Waals surface area contributed by atoms with Crippen molar-refractivity contribution in [2.45, 2.75) is 26.9 Å². The lowest BCUT2D eigenvalue weighted by Gasteiger charge is -2.06. The molecule has 4 rings (SSSR count). The fourth-order valence-corrected chi connectivity index (χ4v) is 3.03. The minimum atomic E-state index is -0.400. The minimum Gasteiger partial charge on any atom is -0.493 e. The van der Waals surface area contributed by atoms with Crippen LogP contribution in [-0.4, -0.2) is 22.7 Å². The SMILES string of the molecule is CCOc1ccccc1-c1noc(COC(=O)Cc2coc3cc(C)ccc23)n1. The van der Waals surface area contributed by atoms with Gasteiger partial charge in [0.15, 0.2) is 6.61 Å². The number of esters is 1. The van der Waals surface area contributed by atoms with Crippen LogP contribution >= 0.6 is 0 Å². The Morgan fingerprint density at radius 1 is 1.17 bits per heavy atom.